The normalized spacial score (nSPS) is 16.0. The lowest BCUT2D eigenvalue weighted by atomic mass is 10.0. The number of carbonyl (C=O) groups excluding carboxylic acids is 2. The van der Waals surface area contributed by atoms with Crippen LogP contribution in [0.15, 0.2) is 54.2 Å². The highest BCUT2D eigenvalue weighted by Crippen LogP contribution is 2.20. The molecular formula is C20H19FN2O2. The summed E-state index contributed by atoms with van der Waals surface area (Å²) in [6.07, 6.45) is 1.63. The Bertz CT molecular complexity index is 841. The Kier molecular flexibility index (Phi) is 4.65. The minimum atomic E-state index is -0.543. The van der Waals surface area contributed by atoms with Crippen LogP contribution < -0.4 is 5.32 Å². The summed E-state index contributed by atoms with van der Waals surface area (Å²) in [5.74, 6) is -0.475. The van der Waals surface area contributed by atoms with Gasteiger partial charge in [-0.25, -0.2) is 9.18 Å². The highest BCUT2D eigenvalue weighted by molar-refractivity contribution is 6.13. The molecule has 25 heavy (non-hydrogen) atoms. The maximum absolute atomic E-state index is 13.8. The van der Waals surface area contributed by atoms with Gasteiger partial charge in [0.25, 0.3) is 5.91 Å². The van der Waals surface area contributed by atoms with E-state index < -0.39 is 17.8 Å². The van der Waals surface area contributed by atoms with Gasteiger partial charge in [0.1, 0.15) is 11.5 Å². The van der Waals surface area contributed by atoms with Crippen LogP contribution in [0.1, 0.15) is 36.5 Å². The molecule has 1 aliphatic heterocycles. The molecular weight excluding hydrogens is 319 g/mol. The first-order valence-corrected chi connectivity index (χ1v) is 8.13. The van der Waals surface area contributed by atoms with Crippen LogP contribution in [0, 0.1) is 5.82 Å². The quantitative estimate of drug-likeness (QED) is 0.675. The van der Waals surface area contributed by atoms with Crippen LogP contribution in [-0.4, -0.2) is 16.8 Å². The van der Waals surface area contributed by atoms with Crippen LogP contribution in [0.5, 0.6) is 0 Å². The van der Waals surface area contributed by atoms with Crippen molar-refractivity contribution in [3.05, 3.63) is 76.7 Å². The molecule has 3 rings (SSSR count). The van der Waals surface area contributed by atoms with Gasteiger partial charge in [-0.1, -0.05) is 56.3 Å². The van der Waals surface area contributed by atoms with Gasteiger partial charge in [-0.2, -0.15) is 0 Å². The van der Waals surface area contributed by atoms with Crippen molar-refractivity contribution in [2.75, 3.05) is 0 Å². The Hall–Kier alpha value is -2.95. The van der Waals surface area contributed by atoms with E-state index in [9.17, 15) is 14.0 Å². The Morgan fingerprint density at radius 2 is 1.76 bits per heavy atom. The second kappa shape index (κ2) is 6.89. The number of hydrogen-bond donors (Lipinski definition) is 1. The minimum Gasteiger partial charge on any atom is -0.303 e. The summed E-state index contributed by atoms with van der Waals surface area (Å²) in [5.41, 5.74) is 2.51. The molecule has 0 aromatic heterocycles. The number of hydrogen-bond acceptors (Lipinski definition) is 2. The van der Waals surface area contributed by atoms with Gasteiger partial charge >= 0.3 is 6.03 Å². The molecule has 0 aliphatic carbocycles. The third-order valence-corrected chi connectivity index (χ3v) is 4.16. The van der Waals surface area contributed by atoms with E-state index >= 15 is 0 Å². The van der Waals surface area contributed by atoms with Gasteiger partial charge in [-0.15, -0.1) is 0 Å². The van der Waals surface area contributed by atoms with Crippen molar-refractivity contribution in [1.29, 1.82) is 0 Å². The number of amides is 3. The van der Waals surface area contributed by atoms with Crippen LogP contribution in [0.25, 0.3) is 6.08 Å². The predicted molar refractivity (Wildman–Crippen MR) is 94.0 cm³/mol. The maximum atomic E-state index is 13.8. The third-order valence-electron chi connectivity index (χ3n) is 4.16. The Morgan fingerprint density at radius 1 is 1.08 bits per heavy atom. The van der Waals surface area contributed by atoms with Gasteiger partial charge in [0.15, 0.2) is 0 Å². The van der Waals surface area contributed by atoms with E-state index in [4.69, 9.17) is 0 Å². The summed E-state index contributed by atoms with van der Waals surface area (Å²) >= 11 is 0. The molecule has 5 heteroatoms. The van der Waals surface area contributed by atoms with E-state index in [0.717, 1.165) is 10.5 Å². The fourth-order valence-corrected chi connectivity index (χ4v) is 2.66. The zero-order chi connectivity index (χ0) is 18.0. The molecule has 1 saturated heterocycles. The van der Waals surface area contributed by atoms with E-state index in [1.54, 1.807) is 24.3 Å². The first-order chi connectivity index (χ1) is 12.0. The SMILES string of the molecule is CC(C)c1ccc(C=C2NC(=O)N(Cc3ccccc3F)C2=O)cc1. The first kappa shape index (κ1) is 16.9. The van der Waals surface area contributed by atoms with Gasteiger partial charge in [-0.3, -0.25) is 9.69 Å². The van der Waals surface area contributed by atoms with Gasteiger partial charge in [-0.05, 0) is 29.2 Å². The van der Waals surface area contributed by atoms with Crippen molar-refractivity contribution >= 4 is 18.0 Å². The lowest BCUT2D eigenvalue weighted by Gasteiger charge is -2.12. The van der Waals surface area contributed by atoms with Crippen LogP contribution in [0.3, 0.4) is 0 Å². The van der Waals surface area contributed by atoms with Crippen LogP contribution in [0.4, 0.5) is 9.18 Å². The molecule has 4 nitrogen and oxygen atoms in total. The highest BCUT2D eigenvalue weighted by Gasteiger charge is 2.33. The summed E-state index contributed by atoms with van der Waals surface area (Å²) in [5, 5.41) is 2.56. The van der Waals surface area contributed by atoms with Gasteiger partial charge in [0, 0.05) is 5.56 Å². The Labute approximate surface area is 146 Å². The Balaban J connectivity index is 1.79. The molecule has 1 fully saturated rings. The first-order valence-electron chi connectivity index (χ1n) is 8.13. The summed E-state index contributed by atoms with van der Waals surface area (Å²) in [6, 6.07) is 13.4. The van der Waals surface area contributed by atoms with Crippen LogP contribution in [-0.2, 0) is 11.3 Å². The molecule has 0 atom stereocenters. The maximum Gasteiger partial charge on any atom is 0.329 e. The topological polar surface area (TPSA) is 49.4 Å². The van der Waals surface area contributed by atoms with E-state index in [2.05, 4.69) is 19.2 Å². The van der Waals surface area contributed by atoms with E-state index in [-0.39, 0.29) is 12.2 Å². The van der Waals surface area contributed by atoms with Crippen LogP contribution >= 0.6 is 0 Å². The molecule has 0 radical (unpaired) electrons. The van der Waals surface area contributed by atoms with Gasteiger partial charge in [0.2, 0.25) is 0 Å². The average molecular weight is 338 g/mol. The molecule has 0 spiro atoms. The molecule has 3 amide bonds. The number of nitrogens with one attached hydrogen (secondary N) is 1. The lowest BCUT2D eigenvalue weighted by molar-refractivity contribution is -0.123. The van der Waals surface area contributed by atoms with Crippen molar-refractivity contribution in [2.24, 2.45) is 0 Å². The summed E-state index contributed by atoms with van der Waals surface area (Å²) in [6.45, 7) is 4.12. The van der Waals surface area contributed by atoms with Crippen molar-refractivity contribution < 1.29 is 14.0 Å². The highest BCUT2D eigenvalue weighted by atomic mass is 19.1. The van der Waals surface area contributed by atoms with Crippen molar-refractivity contribution in [1.82, 2.24) is 10.2 Å². The number of benzene rings is 2. The summed E-state index contributed by atoms with van der Waals surface area (Å²) < 4.78 is 13.8. The zero-order valence-corrected chi connectivity index (χ0v) is 14.1. The van der Waals surface area contributed by atoms with E-state index in [1.165, 1.54) is 11.6 Å². The second-order valence-corrected chi connectivity index (χ2v) is 6.29. The largest absolute Gasteiger partial charge is 0.329 e. The number of imide groups is 1. The molecule has 1 N–H and O–H groups in total. The zero-order valence-electron chi connectivity index (χ0n) is 14.1. The fourth-order valence-electron chi connectivity index (χ4n) is 2.66. The van der Waals surface area contributed by atoms with E-state index in [1.807, 2.05) is 24.3 Å². The summed E-state index contributed by atoms with van der Waals surface area (Å²) in [7, 11) is 0. The molecule has 0 bridgehead atoms. The number of halogens is 1. The molecule has 1 heterocycles. The number of nitrogens with zero attached hydrogens (tertiary/aromatic N) is 1. The minimum absolute atomic E-state index is 0.0963. The predicted octanol–water partition coefficient (Wildman–Crippen LogP) is 4.04. The smallest absolute Gasteiger partial charge is 0.303 e. The molecule has 2 aromatic carbocycles. The van der Waals surface area contributed by atoms with Gasteiger partial charge < -0.3 is 5.32 Å². The molecule has 1 aliphatic rings. The number of urea groups is 1. The molecule has 0 unspecified atom stereocenters. The van der Waals surface area contributed by atoms with Crippen molar-refractivity contribution in [3.63, 3.8) is 0 Å². The third kappa shape index (κ3) is 3.60. The summed E-state index contributed by atoms with van der Waals surface area (Å²) in [4.78, 5) is 25.5. The number of carbonyl (C=O) groups is 2. The molecule has 0 saturated carbocycles. The van der Waals surface area contributed by atoms with Crippen molar-refractivity contribution in [3.8, 4) is 0 Å². The molecule has 128 valence electrons. The molecule has 2 aromatic rings. The number of rotatable bonds is 4. The second-order valence-electron chi connectivity index (χ2n) is 6.29. The monoisotopic (exact) mass is 338 g/mol. The Morgan fingerprint density at radius 3 is 2.40 bits per heavy atom. The fraction of sp³-hybridized carbons (Fsp3) is 0.200. The van der Waals surface area contributed by atoms with E-state index in [0.29, 0.717) is 11.5 Å². The standard InChI is InChI=1S/C20H19FN2O2/c1-13(2)15-9-7-14(8-10-15)11-18-19(24)23(20(25)22-18)12-16-5-3-4-6-17(16)21/h3-11,13H,12H2,1-2H3,(H,22,25). The lowest BCUT2D eigenvalue weighted by Crippen LogP contribution is -2.30. The average Bonchev–Trinajstić information content (AvgIpc) is 2.85. The van der Waals surface area contributed by atoms with Crippen molar-refractivity contribution in [2.45, 2.75) is 26.3 Å². The van der Waals surface area contributed by atoms with Crippen LogP contribution in [0.2, 0.25) is 0 Å². The van der Waals surface area contributed by atoms with Gasteiger partial charge in [0.05, 0.1) is 6.54 Å².